The Hall–Kier alpha value is -0.380. The summed E-state index contributed by atoms with van der Waals surface area (Å²) in [4.78, 5) is 4.00. The van der Waals surface area contributed by atoms with Gasteiger partial charge in [-0.1, -0.05) is 19.9 Å². The van der Waals surface area contributed by atoms with Gasteiger partial charge in [-0.2, -0.15) is 0 Å². The minimum absolute atomic E-state index is 0.197. The highest BCUT2D eigenvalue weighted by Gasteiger charge is 2.33. The van der Waals surface area contributed by atoms with Crippen LogP contribution >= 0.6 is 11.3 Å². The highest BCUT2D eigenvalue weighted by molar-refractivity contribution is 7.10. The van der Waals surface area contributed by atoms with E-state index in [1.165, 1.54) is 24.3 Å². The van der Waals surface area contributed by atoms with Crippen molar-refractivity contribution in [2.45, 2.75) is 45.7 Å². The second-order valence-electron chi connectivity index (χ2n) is 6.06. The maximum atomic E-state index is 6.21. The Morgan fingerprint density at radius 2 is 2.24 bits per heavy atom. The zero-order chi connectivity index (χ0) is 12.5. The minimum Gasteiger partial charge on any atom is -0.326 e. The van der Waals surface area contributed by atoms with Gasteiger partial charge in [-0.25, -0.2) is 0 Å². The molecule has 0 bridgehead atoms. The molecule has 1 aromatic rings. The number of hydrogen-bond acceptors (Lipinski definition) is 3. The molecule has 3 heteroatoms. The lowest BCUT2D eigenvalue weighted by Gasteiger charge is -2.43. The van der Waals surface area contributed by atoms with Crippen molar-refractivity contribution in [1.82, 2.24) is 4.90 Å². The van der Waals surface area contributed by atoms with Gasteiger partial charge in [0.1, 0.15) is 0 Å². The van der Waals surface area contributed by atoms with Crippen molar-refractivity contribution in [3.8, 4) is 0 Å². The summed E-state index contributed by atoms with van der Waals surface area (Å²) in [5.41, 5.74) is 6.65. The molecule has 96 valence electrons. The molecule has 0 spiro atoms. The molecule has 2 heterocycles. The average molecular weight is 252 g/mol. The summed E-state index contributed by atoms with van der Waals surface area (Å²) in [5.74, 6) is 0. The minimum atomic E-state index is 0.197. The largest absolute Gasteiger partial charge is 0.326 e. The average Bonchev–Trinajstić information content (AvgIpc) is 2.69. The molecule has 1 aliphatic heterocycles. The molecular weight excluding hydrogens is 228 g/mol. The van der Waals surface area contributed by atoms with E-state index in [0.29, 0.717) is 11.5 Å². The van der Waals surface area contributed by atoms with E-state index in [4.69, 9.17) is 5.73 Å². The number of thiophene rings is 1. The quantitative estimate of drug-likeness (QED) is 0.894. The standard InChI is InChI=1S/C14H24N2S/c1-11(15)13(12-6-4-9-17-12)16-8-5-7-14(2,3)10-16/h4,6,9,11,13H,5,7-8,10,15H2,1-3H3. The highest BCUT2D eigenvalue weighted by atomic mass is 32.1. The van der Waals surface area contributed by atoms with Crippen LogP contribution in [0, 0.1) is 5.41 Å². The molecule has 1 saturated heterocycles. The molecule has 0 amide bonds. The van der Waals surface area contributed by atoms with Crippen LogP contribution in [0.3, 0.4) is 0 Å². The zero-order valence-electron chi connectivity index (χ0n) is 11.1. The predicted octanol–water partition coefficient (Wildman–Crippen LogP) is 3.26. The molecule has 1 fully saturated rings. The molecule has 2 atom stereocenters. The van der Waals surface area contributed by atoms with E-state index in [9.17, 15) is 0 Å². The van der Waals surface area contributed by atoms with E-state index in [0.717, 1.165) is 6.54 Å². The van der Waals surface area contributed by atoms with Crippen LogP contribution in [0.4, 0.5) is 0 Å². The molecule has 0 aromatic carbocycles. The highest BCUT2D eigenvalue weighted by Crippen LogP contribution is 2.35. The first-order chi connectivity index (χ1) is 7.99. The molecule has 1 aliphatic rings. The molecule has 2 nitrogen and oxygen atoms in total. The summed E-state index contributed by atoms with van der Waals surface area (Å²) in [6, 6.07) is 4.95. The predicted molar refractivity (Wildman–Crippen MR) is 75.3 cm³/mol. The fourth-order valence-electron chi connectivity index (χ4n) is 2.94. The van der Waals surface area contributed by atoms with Crippen LogP contribution in [0.15, 0.2) is 17.5 Å². The molecular formula is C14H24N2S. The van der Waals surface area contributed by atoms with Gasteiger partial charge in [-0.15, -0.1) is 11.3 Å². The van der Waals surface area contributed by atoms with Crippen molar-refractivity contribution < 1.29 is 0 Å². The number of hydrogen-bond donors (Lipinski definition) is 1. The van der Waals surface area contributed by atoms with Gasteiger partial charge in [-0.05, 0) is 43.2 Å². The van der Waals surface area contributed by atoms with E-state index in [1.54, 1.807) is 0 Å². The maximum absolute atomic E-state index is 6.21. The third kappa shape index (κ3) is 3.09. The lowest BCUT2D eigenvalue weighted by molar-refractivity contribution is 0.0703. The molecule has 2 N–H and O–H groups in total. The molecule has 0 aliphatic carbocycles. The first-order valence-electron chi connectivity index (χ1n) is 6.53. The summed E-state index contributed by atoms with van der Waals surface area (Å²) in [5, 5.41) is 2.15. The van der Waals surface area contributed by atoms with Gasteiger partial charge < -0.3 is 5.73 Å². The van der Waals surface area contributed by atoms with Crippen LogP contribution in [-0.2, 0) is 0 Å². The van der Waals surface area contributed by atoms with Crippen LogP contribution in [0.5, 0.6) is 0 Å². The number of nitrogens with zero attached hydrogens (tertiary/aromatic N) is 1. The molecule has 17 heavy (non-hydrogen) atoms. The van der Waals surface area contributed by atoms with Gasteiger partial charge in [0.2, 0.25) is 0 Å². The van der Waals surface area contributed by atoms with Crippen LogP contribution in [-0.4, -0.2) is 24.0 Å². The smallest absolute Gasteiger partial charge is 0.0590 e. The van der Waals surface area contributed by atoms with Gasteiger partial charge in [0.05, 0.1) is 6.04 Å². The first-order valence-corrected chi connectivity index (χ1v) is 7.41. The Morgan fingerprint density at radius 3 is 2.76 bits per heavy atom. The van der Waals surface area contributed by atoms with Crippen LogP contribution in [0.2, 0.25) is 0 Å². The van der Waals surface area contributed by atoms with E-state index in [-0.39, 0.29) is 6.04 Å². The summed E-state index contributed by atoms with van der Waals surface area (Å²) < 4.78 is 0. The Bertz CT molecular complexity index is 343. The third-order valence-electron chi connectivity index (χ3n) is 3.66. The van der Waals surface area contributed by atoms with Crippen molar-refractivity contribution >= 4 is 11.3 Å². The van der Waals surface area contributed by atoms with Gasteiger partial charge in [-0.3, -0.25) is 4.90 Å². The molecule has 1 aromatic heterocycles. The van der Waals surface area contributed by atoms with Gasteiger partial charge >= 0.3 is 0 Å². The van der Waals surface area contributed by atoms with Crippen LogP contribution < -0.4 is 5.73 Å². The Balaban J connectivity index is 2.17. The van der Waals surface area contributed by atoms with Crippen molar-refractivity contribution in [3.05, 3.63) is 22.4 Å². The number of nitrogens with two attached hydrogens (primary N) is 1. The second-order valence-corrected chi connectivity index (χ2v) is 7.04. The van der Waals surface area contributed by atoms with E-state index in [1.807, 2.05) is 11.3 Å². The van der Waals surface area contributed by atoms with Gasteiger partial charge in [0.25, 0.3) is 0 Å². The Kier molecular flexibility index (Phi) is 3.91. The SMILES string of the molecule is CC(N)C(c1cccs1)N1CCCC(C)(C)C1. The maximum Gasteiger partial charge on any atom is 0.0590 e. The van der Waals surface area contributed by atoms with Crippen molar-refractivity contribution in [3.63, 3.8) is 0 Å². The number of piperidine rings is 1. The monoisotopic (exact) mass is 252 g/mol. The summed E-state index contributed by atoms with van der Waals surface area (Å²) >= 11 is 1.83. The second kappa shape index (κ2) is 5.09. The summed E-state index contributed by atoms with van der Waals surface area (Å²) in [6.07, 6.45) is 2.63. The fourth-order valence-corrected chi connectivity index (χ4v) is 3.91. The van der Waals surface area contributed by atoms with Crippen molar-refractivity contribution in [2.24, 2.45) is 11.1 Å². The Labute approximate surface area is 109 Å². The third-order valence-corrected chi connectivity index (χ3v) is 4.60. The number of likely N-dealkylation sites (tertiary alicyclic amines) is 1. The van der Waals surface area contributed by atoms with Crippen molar-refractivity contribution in [1.29, 1.82) is 0 Å². The number of rotatable bonds is 3. The molecule has 0 radical (unpaired) electrons. The fraction of sp³-hybridized carbons (Fsp3) is 0.714. The Morgan fingerprint density at radius 1 is 1.47 bits per heavy atom. The summed E-state index contributed by atoms with van der Waals surface area (Å²) in [6.45, 7) is 9.22. The first kappa shape index (κ1) is 13.1. The zero-order valence-corrected chi connectivity index (χ0v) is 12.0. The van der Waals surface area contributed by atoms with Crippen LogP contribution in [0.1, 0.15) is 44.5 Å². The van der Waals surface area contributed by atoms with E-state index < -0.39 is 0 Å². The normalized spacial score (nSPS) is 24.5. The van der Waals surface area contributed by atoms with Crippen LogP contribution in [0.25, 0.3) is 0 Å². The lowest BCUT2D eigenvalue weighted by Crippen LogP contribution is -2.46. The van der Waals surface area contributed by atoms with E-state index >= 15 is 0 Å². The molecule has 0 saturated carbocycles. The summed E-state index contributed by atoms with van der Waals surface area (Å²) in [7, 11) is 0. The van der Waals surface area contributed by atoms with Gasteiger partial charge in [0.15, 0.2) is 0 Å². The molecule has 2 rings (SSSR count). The van der Waals surface area contributed by atoms with E-state index in [2.05, 4.69) is 43.2 Å². The topological polar surface area (TPSA) is 29.3 Å². The van der Waals surface area contributed by atoms with Gasteiger partial charge in [0, 0.05) is 17.5 Å². The lowest BCUT2D eigenvalue weighted by atomic mass is 9.83. The molecule has 2 unspecified atom stereocenters. The van der Waals surface area contributed by atoms with Crippen molar-refractivity contribution in [2.75, 3.05) is 13.1 Å².